The van der Waals surface area contributed by atoms with Crippen molar-refractivity contribution >= 4 is 5.78 Å². The van der Waals surface area contributed by atoms with E-state index in [4.69, 9.17) is 14.6 Å². The van der Waals surface area contributed by atoms with Gasteiger partial charge in [0.25, 0.3) is 0 Å². The highest BCUT2D eigenvalue weighted by atomic mass is 16.3. The summed E-state index contributed by atoms with van der Waals surface area (Å²) >= 11 is 0. The van der Waals surface area contributed by atoms with Gasteiger partial charge in [-0.05, 0) is 12.1 Å². The van der Waals surface area contributed by atoms with Crippen LogP contribution < -0.4 is 0 Å². The molecule has 0 aliphatic heterocycles. The molecule has 0 atom stereocenters. The Balaban J connectivity index is 2.47. The minimum absolute atomic E-state index is 0.0363. The smallest absolute Gasteiger partial charge is 0.211 e. The maximum atomic E-state index is 11.6. The van der Waals surface area contributed by atoms with Gasteiger partial charge in [0.15, 0.2) is 5.76 Å². The minimum atomic E-state index is -0.151. The van der Waals surface area contributed by atoms with Crippen molar-refractivity contribution in [2.45, 2.75) is 0 Å². The predicted molar refractivity (Wildman–Crippen MR) is 53.7 cm³/mol. The van der Waals surface area contributed by atoms with Crippen molar-refractivity contribution in [3.05, 3.63) is 24.2 Å². The number of hydrogen-bond donors (Lipinski definition) is 2. The van der Waals surface area contributed by atoms with Crippen LogP contribution in [0.5, 0.6) is 0 Å². The van der Waals surface area contributed by atoms with E-state index in [0.29, 0.717) is 18.8 Å². The molecular weight excluding hydrogens is 198 g/mol. The summed E-state index contributed by atoms with van der Waals surface area (Å²) in [6.07, 6.45) is 1.44. The molecule has 0 unspecified atom stereocenters. The molecule has 0 spiro atoms. The zero-order valence-electron chi connectivity index (χ0n) is 8.43. The van der Waals surface area contributed by atoms with E-state index >= 15 is 0 Å². The molecule has 15 heavy (non-hydrogen) atoms. The third kappa shape index (κ3) is 3.83. The third-order valence-corrected chi connectivity index (χ3v) is 2.00. The minimum Gasteiger partial charge on any atom is -0.461 e. The first kappa shape index (κ1) is 11.9. The van der Waals surface area contributed by atoms with Crippen molar-refractivity contribution in [3.8, 4) is 0 Å². The Morgan fingerprint density at radius 3 is 2.47 bits per heavy atom. The van der Waals surface area contributed by atoms with Gasteiger partial charge >= 0.3 is 0 Å². The second-order valence-electron chi connectivity index (χ2n) is 3.12. The molecule has 1 aromatic rings. The average Bonchev–Trinajstić information content (AvgIpc) is 2.71. The second-order valence-corrected chi connectivity index (χ2v) is 3.12. The number of hydrogen-bond acceptors (Lipinski definition) is 5. The van der Waals surface area contributed by atoms with Crippen molar-refractivity contribution in [1.29, 1.82) is 0 Å². The summed E-state index contributed by atoms with van der Waals surface area (Å²) in [7, 11) is 0. The number of Topliss-reactive ketones (excluding diaryl/α,β-unsaturated/α-hetero) is 1. The van der Waals surface area contributed by atoms with Gasteiger partial charge in [-0.3, -0.25) is 9.69 Å². The van der Waals surface area contributed by atoms with E-state index in [-0.39, 0.29) is 25.5 Å². The van der Waals surface area contributed by atoms with Gasteiger partial charge in [0.05, 0.1) is 26.0 Å². The van der Waals surface area contributed by atoms with Crippen molar-refractivity contribution in [2.24, 2.45) is 0 Å². The molecule has 0 fully saturated rings. The largest absolute Gasteiger partial charge is 0.461 e. The van der Waals surface area contributed by atoms with Gasteiger partial charge in [-0.15, -0.1) is 0 Å². The van der Waals surface area contributed by atoms with Gasteiger partial charge < -0.3 is 14.6 Å². The fraction of sp³-hybridized carbons (Fsp3) is 0.500. The standard InChI is InChI=1S/C10H15NO4/c12-5-3-11(4-6-13)8-9(14)10-2-1-7-15-10/h1-2,7,12-13H,3-6,8H2. The number of furan rings is 1. The van der Waals surface area contributed by atoms with Crippen molar-refractivity contribution in [1.82, 2.24) is 4.90 Å². The molecule has 84 valence electrons. The predicted octanol–water partition coefficient (Wildman–Crippen LogP) is -0.251. The average molecular weight is 213 g/mol. The van der Waals surface area contributed by atoms with Crippen LogP contribution in [0, 0.1) is 0 Å². The summed E-state index contributed by atoms with van der Waals surface area (Å²) in [6.45, 7) is 0.811. The Labute approximate surface area is 87.9 Å². The second kappa shape index (κ2) is 6.34. The quantitative estimate of drug-likeness (QED) is 0.611. The molecule has 1 rings (SSSR count). The van der Waals surface area contributed by atoms with Crippen LogP contribution in [0.1, 0.15) is 10.6 Å². The van der Waals surface area contributed by atoms with Gasteiger partial charge in [0.2, 0.25) is 5.78 Å². The van der Waals surface area contributed by atoms with Crippen molar-refractivity contribution < 1.29 is 19.4 Å². The summed E-state index contributed by atoms with van der Waals surface area (Å²) in [5, 5.41) is 17.5. The summed E-state index contributed by atoms with van der Waals surface area (Å²) in [4.78, 5) is 13.2. The number of aliphatic hydroxyl groups excluding tert-OH is 2. The molecule has 0 aliphatic carbocycles. The highest BCUT2D eigenvalue weighted by molar-refractivity contribution is 5.94. The lowest BCUT2D eigenvalue weighted by Crippen LogP contribution is -2.34. The Kier molecular flexibility index (Phi) is 5.03. The molecule has 0 aliphatic rings. The van der Waals surface area contributed by atoms with Gasteiger partial charge in [0.1, 0.15) is 0 Å². The van der Waals surface area contributed by atoms with Crippen molar-refractivity contribution in [3.63, 3.8) is 0 Å². The van der Waals surface area contributed by atoms with Crippen LogP contribution in [0.2, 0.25) is 0 Å². The summed E-state index contributed by atoms with van der Waals surface area (Å²) in [5.74, 6) is 0.151. The normalized spacial score (nSPS) is 10.9. The topological polar surface area (TPSA) is 73.9 Å². The zero-order valence-corrected chi connectivity index (χ0v) is 8.43. The number of rotatable bonds is 7. The molecule has 1 heterocycles. The van der Waals surface area contributed by atoms with E-state index in [1.807, 2.05) is 0 Å². The number of carbonyl (C=O) groups is 1. The maximum absolute atomic E-state index is 11.6. The number of ketones is 1. The van der Waals surface area contributed by atoms with E-state index < -0.39 is 0 Å². The van der Waals surface area contributed by atoms with E-state index in [9.17, 15) is 4.79 Å². The van der Waals surface area contributed by atoms with Gasteiger partial charge in [-0.1, -0.05) is 0 Å². The highest BCUT2D eigenvalue weighted by Crippen LogP contribution is 2.02. The molecule has 0 saturated heterocycles. The maximum Gasteiger partial charge on any atom is 0.211 e. The summed E-state index contributed by atoms with van der Waals surface area (Å²) in [5.41, 5.74) is 0. The van der Waals surface area contributed by atoms with Crippen molar-refractivity contribution in [2.75, 3.05) is 32.8 Å². The molecule has 5 nitrogen and oxygen atoms in total. The monoisotopic (exact) mass is 213 g/mol. The Morgan fingerprint density at radius 1 is 1.33 bits per heavy atom. The molecular formula is C10H15NO4. The first-order valence-corrected chi connectivity index (χ1v) is 4.78. The molecule has 5 heteroatoms. The van der Waals surface area contributed by atoms with Crippen LogP contribution in [0.3, 0.4) is 0 Å². The fourth-order valence-corrected chi connectivity index (χ4v) is 1.27. The molecule has 2 N–H and O–H groups in total. The van der Waals surface area contributed by atoms with E-state index in [1.165, 1.54) is 6.26 Å². The lowest BCUT2D eigenvalue weighted by atomic mass is 10.3. The van der Waals surface area contributed by atoms with E-state index in [1.54, 1.807) is 17.0 Å². The lowest BCUT2D eigenvalue weighted by Gasteiger charge is -2.18. The Morgan fingerprint density at radius 2 is 2.00 bits per heavy atom. The van der Waals surface area contributed by atoms with Crippen LogP contribution in [-0.2, 0) is 0 Å². The van der Waals surface area contributed by atoms with Gasteiger partial charge in [-0.2, -0.15) is 0 Å². The molecule has 1 aromatic heterocycles. The highest BCUT2D eigenvalue weighted by Gasteiger charge is 2.13. The van der Waals surface area contributed by atoms with E-state index in [2.05, 4.69) is 0 Å². The van der Waals surface area contributed by atoms with Crippen LogP contribution in [0.4, 0.5) is 0 Å². The summed E-state index contributed by atoms with van der Waals surface area (Å²) < 4.78 is 4.95. The third-order valence-electron chi connectivity index (χ3n) is 2.00. The fourth-order valence-electron chi connectivity index (χ4n) is 1.27. The molecule has 0 aromatic carbocycles. The van der Waals surface area contributed by atoms with E-state index in [0.717, 1.165) is 0 Å². The number of nitrogens with zero attached hydrogens (tertiary/aromatic N) is 1. The van der Waals surface area contributed by atoms with Gasteiger partial charge in [0, 0.05) is 13.1 Å². The van der Waals surface area contributed by atoms with Crippen LogP contribution in [0.25, 0.3) is 0 Å². The van der Waals surface area contributed by atoms with Gasteiger partial charge in [-0.25, -0.2) is 0 Å². The SMILES string of the molecule is O=C(CN(CCO)CCO)c1ccco1. The first-order chi connectivity index (χ1) is 7.27. The van der Waals surface area contributed by atoms with Crippen LogP contribution in [-0.4, -0.2) is 53.7 Å². The Bertz CT molecular complexity index is 278. The molecule has 0 bridgehead atoms. The zero-order chi connectivity index (χ0) is 11.1. The number of carbonyl (C=O) groups excluding carboxylic acids is 1. The summed E-state index contributed by atoms with van der Waals surface area (Å²) in [6, 6.07) is 3.24. The van der Waals surface area contributed by atoms with Crippen LogP contribution >= 0.6 is 0 Å². The lowest BCUT2D eigenvalue weighted by molar-refractivity contribution is 0.0867. The molecule has 0 radical (unpaired) electrons. The molecule has 0 amide bonds. The molecule has 0 saturated carbocycles. The van der Waals surface area contributed by atoms with Crippen LogP contribution in [0.15, 0.2) is 22.8 Å². The Hall–Kier alpha value is -1.17. The number of aliphatic hydroxyl groups is 2. The first-order valence-electron chi connectivity index (χ1n) is 4.78.